The number of carbonyl (C=O) groups is 1. The van der Waals surface area contributed by atoms with E-state index in [1.165, 1.54) is 23.1 Å². The Hall–Kier alpha value is -2.07. The van der Waals surface area contributed by atoms with Gasteiger partial charge in [0.15, 0.2) is 0 Å². The first-order valence-corrected chi connectivity index (χ1v) is 8.92. The number of nitrogens with one attached hydrogen (secondary N) is 1. The number of rotatable bonds is 6. The minimum Gasteiger partial charge on any atom is -0.405 e. The van der Waals surface area contributed by atoms with Gasteiger partial charge < -0.3 is 9.64 Å². The van der Waals surface area contributed by atoms with Crippen LogP contribution in [0.4, 0.5) is 13.2 Å². The smallest absolute Gasteiger partial charge is 0.405 e. The van der Waals surface area contributed by atoms with E-state index >= 15 is 0 Å². The van der Waals surface area contributed by atoms with Crippen LogP contribution >= 0.6 is 0 Å². The number of sulfonamides is 1. The first-order valence-electron chi connectivity index (χ1n) is 7.37. The summed E-state index contributed by atoms with van der Waals surface area (Å²) in [6.07, 6.45) is -4.36. The highest BCUT2D eigenvalue weighted by molar-refractivity contribution is 7.92. The second-order valence-electron chi connectivity index (χ2n) is 5.51. The molecule has 2 rings (SSSR count). The highest BCUT2D eigenvalue weighted by Gasteiger charge is 2.34. The van der Waals surface area contributed by atoms with Crippen molar-refractivity contribution in [1.82, 2.24) is 9.62 Å². The van der Waals surface area contributed by atoms with Crippen LogP contribution in [0.2, 0.25) is 0 Å². The maximum atomic E-state index is 12.5. The number of para-hydroxylation sites is 1. The second kappa shape index (κ2) is 7.44. The van der Waals surface area contributed by atoms with E-state index in [0.717, 1.165) is 11.5 Å². The van der Waals surface area contributed by atoms with Crippen molar-refractivity contribution in [3.63, 3.8) is 0 Å². The highest BCUT2D eigenvalue weighted by Crippen LogP contribution is 2.28. The molecule has 1 N–H and O–H groups in total. The summed E-state index contributed by atoms with van der Waals surface area (Å²) in [5.41, 5.74) is -0.188. The van der Waals surface area contributed by atoms with E-state index < -0.39 is 28.0 Å². The van der Waals surface area contributed by atoms with Gasteiger partial charge in [-0.2, -0.15) is 0 Å². The summed E-state index contributed by atoms with van der Waals surface area (Å²) in [6.45, 7) is 3.86. The topological polar surface area (TPSA) is 75.7 Å². The minimum atomic E-state index is -4.90. The lowest BCUT2D eigenvalue weighted by Gasteiger charge is -2.19. The van der Waals surface area contributed by atoms with E-state index in [9.17, 15) is 26.4 Å². The van der Waals surface area contributed by atoms with E-state index in [2.05, 4.69) is 16.0 Å². The van der Waals surface area contributed by atoms with E-state index in [0.29, 0.717) is 13.0 Å². The lowest BCUT2D eigenvalue weighted by atomic mass is 10.1. The fraction of sp³-hybridized carbons (Fsp3) is 0.400. The molecular formula is C15H17F3N2O4S. The molecule has 1 aromatic carbocycles. The Morgan fingerprint density at radius 3 is 2.72 bits per heavy atom. The van der Waals surface area contributed by atoms with Gasteiger partial charge in [-0.25, -0.2) is 13.1 Å². The second-order valence-corrected chi connectivity index (χ2v) is 7.22. The lowest BCUT2D eigenvalue weighted by molar-refractivity contribution is -0.274. The van der Waals surface area contributed by atoms with Crippen LogP contribution in [0, 0.1) is 5.92 Å². The Morgan fingerprint density at radius 2 is 2.08 bits per heavy atom. The van der Waals surface area contributed by atoms with E-state index in [1.807, 2.05) is 0 Å². The zero-order valence-electron chi connectivity index (χ0n) is 13.1. The summed E-state index contributed by atoms with van der Waals surface area (Å²) in [4.78, 5) is 13.9. The van der Waals surface area contributed by atoms with Gasteiger partial charge in [0.2, 0.25) is 10.0 Å². The summed E-state index contributed by atoms with van der Waals surface area (Å²) in [5.74, 6) is -1.28. The van der Waals surface area contributed by atoms with Gasteiger partial charge in [0.05, 0.1) is 5.56 Å². The molecule has 0 aromatic heterocycles. The zero-order valence-corrected chi connectivity index (χ0v) is 13.9. The largest absolute Gasteiger partial charge is 0.573 e. The zero-order chi connectivity index (χ0) is 18.7. The number of nitrogens with zero attached hydrogens (tertiary/aromatic N) is 1. The summed E-state index contributed by atoms with van der Waals surface area (Å²) in [6, 6.07) is 5.13. The van der Waals surface area contributed by atoms with Crippen LogP contribution in [0.1, 0.15) is 16.8 Å². The molecule has 1 fully saturated rings. The molecule has 1 amide bonds. The standard InChI is InChI=1S/C15H17F3N2O4S/c1-2-25(22,23)19-9-11-7-8-20(10-11)14(21)12-5-3-4-6-13(12)24-15(16,17)18/h2-6,11,19H,1,7-10H2. The SMILES string of the molecule is C=CS(=O)(=O)NCC1CCN(C(=O)c2ccccc2OC(F)(F)F)C1. The molecule has 6 nitrogen and oxygen atoms in total. The van der Waals surface area contributed by atoms with Gasteiger partial charge in [-0.15, -0.1) is 13.2 Å². The Kier molecular flexibility index (Phi) is 5.73. The van der Waals surface area contributed by atoms with Crippen LogP contribution in [0.15, 0.2) is 36.3 Å². The van der Waals surface area contributed by atoms with E-state index in [-0.39, 0.29) is 24.6 Å². The van der Waals surface area contributed by atoms with Gasteiger partial charge in [-0.05, 0) is 24.5 Å². The van der Waals surface area contributed by atoms with Gasteiger partial charge in [-0.1, -0.05) is 18.7 Å². The number of amides is 1. The van der Waals surface area contributed by atoms with Crippen LogP contribution in [0.3, 0.4) is 0 Å². The summed E-state index contributed by atoms with van der Waals surface area (Å²) < 4.78 is 66.3. The fourth-order valence-corrected chi connectivity index (χ4v) is 3.09. The number of likely N-dealkylation sites (tertiary alicyclic amines) is 1. The Labute approximate surface area is 143 Å². The summed E-state index contributed by atoms with van der Waals surface area (Å²) in [7, 11) is -3.56. The van der Waals surface area contributed by atoms with Crippen molar-refractivity contribution in [2.45, 2.75) is 12.8 Å². The van der Waals surface area contributed by atoms with Crippen LogP contribution in [0.5, 0.6) is 5.75 Å². The van der Waals surface area contributed by atoms with Crippen molar-refractivity contribution in [2.75, 3.05) is 19.6 Å². The van der Waals surface area contributed by atoms with E-state index in [1.54, 1.807) is 0 Å². The first kappa shape index (κ1) is 19.3. The average Bonchev–Trinajstić information content (AvgIpc) is 3.00. The third kappa shape index (κ3) is 5.46. The molecule has 0 bridgehead atoms. The molecule has 1 unspecified atom stereocenters. The monoisotopic (exact) mass is 378 g/mol. The highest BCUT2D eigenvalue weighted by atomic mass is 32.2. The number of benzene rings is 1. The number of carbonyl (C=O) groups excluding carboxylic acids is 1. The molecular weight excluding hydrogens is 361 g/mol. The molecule has 0 saturated carbocycles. The number of hydrogen-bond donors (Lipinski definition) is 1. The van der Waals surface area contributed by atoms with E-state index in [4.69, 9.17) is 0 Å². The number of hydrogen-bond acceptors (Lipinski definition) is 4. The molecule has 1 heterocycles. The molecule has 0 spiro atoms. The minimum absolute atomic E-state index is 0.124. The predicted octanol–water partition coefficient (Wildman–Crippen LogP) is 2.11. The van der Waals surface area contributed by atoms with Gasteiger partial charge in [0, 0.05) is 25.0 Å². The molecule has 1 saturated heterocycles. The predicted molar refractivity (Wildman–Crippen MR) is 84.3 cm³/mol. The molecule has 0 aliphatic carbocycles. The quantitative estimate of drug-likeness (QED) is 0.823. The van der Waals surface area contributed by atoms with Crippen LogP contribution in [-0.4, -0.2) is 45.2 Å². The van der Waals surface area contributed by atoms with Crippen LogP contribution in [-0.2, 0) is 10.0 Å². The summed E-state index contributed by atoms with van der Waals surface area (Å²) in [5, 5.41) is 0.787. The molecule has 25 heavy (non-hydrogen) atoms. The third-order valence-electron chi connectivity index (χ3n) is 3.71. The normalized spacial score (nSPS) is 18.2. The van der Waals surface area contributed by atoms with Gasteiger partial charge in [0.25, 0.3) is 5.91 Å². The van der Waals surface area contributed by atoms with Gasteiger partial charge in [0.1, 0.15) is 5.75 Å². The maximum Gasteiger partial charge on any atom is 0.573 e. The van der Waals surface area contributed by atoms with Crippen molar-refractivity contribution in [2.24, 2.45) is 5.92 Å². The van der Waals surface area contributed by atoms with Crippen molar-refractivity contribution >= 4 is 15.9 Å². The first-order chi connectivity index (χ1) is 11.6. The molecule has 1 aromatic rings. The van der Waals surface area contributed by atoms with Crippen molar-refractivity contribution in [1.29, 1.82) is 0 Å². The van der Waals surface area contributed by atoms with Crippen LogP contribution < -0.4 is 9.46 Å². The van der Waals surface area contributed by atoms with Crippen molar-refractivity contribution in [3.05, 3.63) is 41.8 Å². The molecule has 1 aliphatic heterocycles. The summed E-state index contributed by atoms with van der Waals surface area (Å²) >= 11 is 0. The molecule has 1 aliphatic rings. The van der Waals surface area contributed by atoms with Crippen molar-refractivity contribution in [3.8, 4) is 5.75 Å². The molecule has 0 radical (unpaired) electrons. The maximum absolute atomic E-state index is 12.5. The average molecular weight is 378 g/mol. The fourth-order valence-electron chi connectivity index (χ4n) is 2.50. The molecule has 1 atom stereocenters. The van der Waals surface area contributed by atoms with Crippen molar-refractivity contribution < 1.29 is 31.1 Å². The van der Waals surface area contributed by atoms with Gasteiger partial charge in [-0.3, -0.25) is 4.79 Å². The number of alkyl halides is 3. The molecule has 10 heteroatoms. The Balaban J connectivity index is 2.04. The molecule has 138 valence electrons. The Morgan fingerprint density at radius 1 is 1.40 bits per heavy atom. The van der Waals surface area contributed by atoms with Crippen LogP contribution in [0.25, 0.3) is 0 Å². The number of halogens is 3. The van der Waals surface area contributed by atoms with Gasteiger partial charge >= 0.3 is 6.36 Å². The third-order valence-corrected chi connectivity index (χ3v) is 4.72. The lowest BCUT2D eigenvalue weighted by Crippen LogP contribution is -2.32. The number of ether oxygens (including phenoxy) is 1. The Bertz CT molecular complexity index is 749.